The summed E-state index contributed by atoms with van der Waals surface area (Å²) < 4.78 is 27.7. The van der Waals surface area contributed by atoms with Crippen LogP contribution < -0.4 is 10.2 Å². The van der Waals surface area contributed by atoms with Crippen LogP contribution in [0.1, 0.15) is 0 Å². The third kappa shape index (κ3) is 5.42. The molecule has 0 amide bonds. The van der Waals surface area contributed by atoms with Gasteiger partial charge in [0.25, 0.3) is 0 Å². The number of phenols is 3. The first-order valence-corrected chi connectivity index (χ1v) is 12.4. The van der Waals surface area contributed by atoms with Crippen molar-refractivity contribution in [1.82, 2.24) is 0 Å². The standard InChI is InChI=1S/C26H28O15/c27-7-14-17(31)20(34)22(36)25(39-14)37-8-15-18(32)21(35)26(40-15)41-24-19(33)16-12(30)5-11(29)6-13(16)38-23(24)9-1-3-10(28)4-2-9/h1-6,14-15,17-18,20-22,25-32,34-36H,7-8H2/t14-,15-,17-,18+,20+,21-,22-,25-,26+/m1/s1. The van der Waals surface area contributed by atoms with Crippen molar-refractivity contribution in [3.63, 3.8) is 0 Å². The summed E-state index contributed by atoms with van der Waals surface area (Å²) in [5, 5.41) is 90.0. The van der Waals surface area contributed by atoms with Gasteiger partial charge in [0.2, 0.25) is 17.5 Å². The van der Waals surface area contributed by atoms with Crippen LogP contribution >= 0.6 is 0 Å². The van der Waals surface area contributed by atoms with E-state index in [1.54, 1.807) is 0 Å². The van der Waals surface area contributed by atoms with E-state index < -0.39 is 85.4 Å². The SMILES string of the molecule is O=c1c(O[C@@H]2O[C@H](CO[C@@H]3O[C@H](CO)[C@@H](O)[C@H](O)[C@H]3O)[C@H](O)[C@H]2O)c(-c2ccc(O)cc2)oc2cc(O)cc(O)c12. The van der Waals surface area contributed by atoms with Crippen LogP contribution in [0.15, 0.2) is 45.6 Å². The second-order valence-electron chi connectivity index (χ2n) is 9.65. The smallest absolute Gasteiger partial charge is 0.239 e. The minimum Gasteiger partial charge on any atom is -0.508 e. The van der Waals surface area contributed by atoms with Crippen molar-refractivity contribution in [3.05, 3.63) is 46.6 Å². The molecule has 0 spiro atoms. The molecule has 15 heteroatoms. The molecular weight excluding hydrogens is 552 g/mol. The Morgan fingerprint density at radius 3 is 2.07 bits per heavy atom. The molecule has 1 aromatic heterocycles. The van der Waals surface area contributed by atoms with Gasteiger partial charge in [-0.05, 0) is 24.3 Å². The molecule has 0 unspecified atom stereocenters. The van der Waals surface area contributed by atoms with E-state index in [9.17, 15) is 50.8 Å². The van der Waals surface area contributed by atoms with Crippen molar-refractivity contribution in [3.8, 4) is 34.3 Å². The highest BCUT2D eigenvalue weighted by Gasteiger charge is 2.48. The number of phenolic OH excluding ortho intramolecular Hbond substituents is 3. The summed E-state index contributed by atoms with van der Waals surface area (Å²) in [6.45, 7) is -1.22. The Hall–Kier alpha value is -3.51. The summed E-state index contributed by atoms with van der Waals surface area (Å²) in [7, 11) is 0. The molecule has 0 radical (unpaired) electrons. The molecule has 2 aliphatic rings. The summed E-state index contributed by atoms with van der Waals surface area (Å²) in [4.78, 5) is 13.5. The summed E-state index contributed by atoms with van der Waals surface area (Å²) in [6, 6.07) is 7.42. The van der Waals surface area contributed by atoms with E-state index in [2.05, 4.69) is 0 Å². The predicted molar refractivity (Wildman–Crippen MR) is 134 cm³/mol. The Balaban J connectivity index is 1.41. The molecule has 2 aliphatic heterocycles. The number of hydrogen-bond acceptors (Lipinski definition) is 15. The van der Waals surface area contributed by atoms with Gasteiger partial charge in [0.15, 0.2) is 12.1 Å². The van der Waals surface area contributed by atoms with Gasteiger partial charge in [-0.2, -0.15) is 0 Å². The van der Waals surface area contributed by atoms with E-state index in [4.69, 9.17) is 23.4 Å². The molecule has 0 aliphatic carbocycles. The molecule has 2 saturated heterocycles. The quantitative estimate of drug-likeness (QED) is 0.150. The third-order valence-corrected chi connectivity index (χ3v) is 6.87. The number of rotatable bonds is 7. The van der Waals surface area contributed by atoms with Crippen molar-refractivity contribution in [2.24, 2.45) is 0 Å². The van der Waals surface area contributed by atoms with E-state index >= 15 is 0 Å². The van der Waals surface area contributed by atoms with Gasteiger partial charge in [0.05, 0.1) is 13.2 Å². The maximum atomic E-state index is 13.5. The van der Waals surface area contributed by atoms with Gasteiger partial charge in [-0.3, -0.25) is 4.79 Å². The summed E-state index contributed by atoms with van der Waals surface area (Å²) in [5.41, 5.74) is -0.866. The molecule has 0 saturated carbocycles. The monoisotopic (exact) mass is 580 g/mol. The number of hydrogen-bond donors (Lipinski definition) is 9. The van der Waals surface area contributed by atoms with Crippen LogP contribution in [-0.2, 0) is 14.2 Å². The fraction of sp³-hybridized carbons (Fsp3) is 0.423. The molecule has 15 nitrogen and oxygen atoms in total. The van der Waals surface area contributed by atoms with Crippen molar-refractivity contribution >= 4 is 11.0 Å². The summed E-state index contributed by atoms with van der Waals surface area (Å²) in [6.07, 6.45) is -14.2. The van der Waals surface area contributed by atoms with Crippen LogP contribution in [0.5, 0.6) is 23.0 Å². The highest BCUT2D eigenvalue weighted by atomic mass is 16.7. The van der Waals surface area contributed by atoms with E-state index in [-0.39, 0.29) is 33.8 Å². The average molecular weight is 580 g/mol. The molecule has 9 N–H and O–H groups in total. The molecule has 9 atom stereocenters. The van der Waals surface area contributed by atoms with Crippen LogP contribution in [0.25, 0.3) is 22.3 Å². The lowest BCUT2D eigenvalue weighted by Gasteiger charge is -2.39. The van der Waals surface area contributed by atoms with Gasteiger partial charge >= 0.3 is 0 Å². The van der Waals surface area contributed by atoms with Crippen LogP contribution in [-0.4, -0.2) is 114 Å². The molecule has 5 rings (SSSR count). The maximum Gasteiger partial charge on any atom is 0.239 e. The van der Waals surface area contributed by atoms with Gasteiger partial charge in [0.1, 0.15) is 70.9 Å². The van der Waals surface area contributed by atoms with Crippen LogP contribution in [0.4, 0.5) is 0 Å². The molecule has 2 fully saturated rings. The largest absolute Gasteiger partial charge is 0.508 e. The van der Waals surface area contributed by atoms with Crippen LogP contribution in [0.3, 0.4) is 0 Å². The highest BCUT2D eigenvalue weighted by Crippen LogP contribution is 2.37. The predicted octanol–water partition coefficient (Wildman–Crippen LogP) is -1.78. The van der Waals surface area contributed by atoms with Crippen molar-refractivity contribution in [2.75, 3.05) is 13.2 Å². The van der Waals surface area contributed by atoms with E-state index in [0.717, 1.165) is 12.1 Å². The molecule has 0 bridgehead atoms. The molecule has 222 valence electrons. The zero-order valence-corrected chi connectivity index (χ0v) is 21.0. The Bertz CT molecular complexity index is 1440. The van der Waals surface area contributed by atoms with E-state index in [1.165, 1.54) is 24.3 Å². The number of ether oxygens (including phenoxy) is 4. The lowest BCUT2D eigenvalue weighted by atomic mass is 9.99. The number of fused-ring (bicyclic) bond motifs is 1. The second-order valence-corrected chi connectivity index (χ2v) is 9.65. The minimum atomic E-state index is -1.74. The Labute approximate surface area is 230 Å². The first kappa shape index (κ1) is 29.0. The average Bonchev–Trinajstić information content (AvgIpc) is 3.20. The van der Waals surface area contributed by atoms with E-state index in [0.29, 0.717) is 0 Å². The highest BCUT2D eigenvalue weighted by molar-refractivity contribution is 5.88. The van der Waals surface area contributed by atoms with Crippen molar-refractivity contribution < 1.29 is 69.3 Å². The first-order chi connectivity index (χ1) is 19.5. The van der Waals surface area contributed by atoms with Gasteiger partial charge in [-0.1, -0.05) is 0 Å². The number of aliphatic hydroxyl groups is 6. The maximum absolute atomic E-state index is 13.5. The number of aromatic hydroxyl groups is 3. The number of benzene rings is 2. The molecule has 2 aromatic carbocycles. The lowest BCUT2D eigenvalue weighted by Crippen LogP contribution is -2.59. The van der Waals surface area contributed by atoms with Crippen LogP contribution in [0.2, 0.25) is 0 Å². The second kappa shape index (κ2) is 11.4. The molecule has 3 heterocycles. The minimum absolute atomic E-state index is 0.0884. The Morgan fingerprint density at radius 1 is 0.756 bits per heavy atom. The fourth-order valence-electron chi connectivity index (χ4n) is 4.64. The van der Waals surface area contributed by atoms with Gasteiger partial charge in [-0.15, -0.1) is 0 Å². The van der Waals surface area contributed by atoms with Gasteiger partial charge in [0, 0.05) is 17.7 Å². The topological polar surface area (TPSA) is 249 Å². The molecule has 41 heavy (non-hydrogen) atoms. The number of aliphatic hydroxyl groups excluding tert-OH is 6. The zero-order valence-electron chi connectivity index (χ0n) is 21.0. The third-order valence-electron chi connectivity index (χ3n) is 6.87. The summed E-state index contributed by atoms with van der Waals surface area (Å²) in [5.74, 6) is -1.83. The first-order valence-electron chi connectivity index (χ1n) is 12.4. The molecular formula is C26H28O15. The fourth-order valence-corrected chi connectivity index (χ4v) is 4.64. The normalized spacial score (nSPS) is 31.9. The Morgan fingerprint density at radius 2 is 1.39 bits per heavy atom. The van der Waals surface area contributed by atoms with Gasteiger partial charge in [-0.25, -0.2) is 0 Å². The zero-order chi connectivity index (χ0) is 29.6. The lowest BCUT2D eigenvalue weighted by molar-refractivity contribution is -0.306. The van der Waals surface area contributed by atoms with E-state index in [1.807, 2.05) is 0 Å². The van der Waals surface area contributed by atoms with Crippen molar-refractivity contribution in [2.45, 2.75) is 55.3 Å². The van der Waals surface area contributed by atoms with Crippen molar-refractivity contribution in [1.29, 1.82) is 0 Å². The summed E-state index contributed by atoms with van der Waals surface area (Å²) >= 11 is 0. The Kier molecular flexibility index (Phi) is 8.06. The van der Waals surface area contributed by atoms with Crippen LogP contribution in [0, 0.1) is 0 Å². The molecule has 3 aromatic rings. The van der Waals surface area contributed by atoms with Gasteiger partial charge < -0.3 is 69.3 Å².